The molecule has 2 heterocycles. The van der Waals surface area contributed by atoms with E-state index in [1.807, 2.05) is 6.92 Å². The van der Waals surface area contributed by atoms with Crippen LogP contribution in [-0.2, 0) is 10.0 Å². The lowest BCUT2D eigenvalue weighted by Crippen LogP contribution is -2.56. The summed E-state index contributed by atoms with van der Waals surface area (Å²) in [7, 11) is -3.01. The van der Waals surface area contributed by atoms with Gasteiger partial charge in [-0.3, -0.25) is 4.90 Å². The summed E-state index contributed by atoms with van der Waals surface area (Å²) in [4.78, 5) is 2.42. The summed E-state index contributed by atoms with van der Waals surface area (Å²) < 4.78 is 24.6. The Hall–Kier alpha value is -0.130. The van der Waals surface area contributed by atoms with Crippen molar-refractivity contribution in [3.05, 3.63) is 0 Å². The predicted octanol–water partition coefficient (Wildman–Crippen LogP) is 0.115. The van der Waals surface area contributed by atoms with Crippen molar-refractivity contribution in [2.75, 3.05) is 25.9 Å². The van der Waals surface area contributed by atoms with Crippen molar-refractivity contribution in [3.8, 4) is 0 Å². The molecule has 4 nitrogen and oxygen atoms in total. The second-order valence-corrected chi connectivity index (χ2v) is 6.41. The molecule has 2 aliphatic heterocycles. The standard InChI is InChI=1S/C9H18N2O2S/c1-8-6-10-5-3-4-9(10)7-11(8)14(2,12)13/h8-9H,3-7H2,1-2H3. The molecule has 0 N–H and O–H groups in total. The van der Waals surface area contributed by atoms with Crippen LogP contribution in [0, 0.1) is 0 Å². The molecule has 0 aliphatic carbocycles. The van der Waals surface area contributed by atoms with E-state index in [-0.39, 0.29) is 6.04 Å². The van der Waals surface area contributed by atoms with E-state index in [9.17, 15) is 8.42 Å². The third kappa shape index (κ3) is 1.81. The number of hydrogen-bond acceptors (Lipinski definition) is 3. The molecule has 2 unspecified atom stereocenters. The summed E-state index contributed by atoms with van der Waals surface area (Å²) in [5.74, 6) is 0. The van der Waals surface area contributed by atoms with Gasteiger partial charge in [-0.25, -0.2) is 8.42 Å². The molecule has 2 fully saturated rings. The van der Waals surface area contributed by atoms with Gasteiger partial charge < -0.3 is 0 Å². The average molecular weight is 218 g/mol. The van der Waals surface area contributed by atoms with E-state index in [4.69, 9.17) is 0 Å². The summed E-state index contributed by atoms with van der Waals surface area (Å²) >= 11 is 0. The average Bonchev–Trinajstić information content (AvgIpc) is 2.47. The first-order chi connectivity index (χ1) is 6.48. The van der Waals surface area contributed by atoms with E-state index in [2.05, 4.69) is 4.90 Å². The van der Waals surface area contributed by atoms with E-state index in [0.29, 0.717) is 12.6 Å². The van der Waals surface area contributed by atoms with E-state index in [1.165, 1.54) is 12.7 Å². The highest BCUT2D eigenvalue weighted by Gasteiger charge is 2.37. The molecule has 0 bridgehead atoms. The number of sulfonamides is 1. The molecule has 2 saturated heterocycles. The van der Waals surface area contributed by atoms with Gasteiger partial charge in [0, 0.05) is 25.2 Å². The fourth-order valence-electron chi connectivity index (χ4n) is 2.62. The first kappa shape index (κ1) is 10.4. The van der Waals surface area contributed by atoms with Crippen LogP contribution in [0.25, 0.3) is 0 Å². The Labute approximate surface area is 85.9 Å². The lowest BCUT2D eigenvalue weighted by atomic mass is 10.1. The van der Waals surface area contributed by atoms with Crippen molar-refractivity contribution < 1.29 is 8.42 Å². The van der Waals surface area contributed by atoms with Crippen LogP contribution >= 0.6 is 0 Å². The van der Waals surface area contributed by atoms with Crippen LogP contribution in [0.1, 0.15) is 19.8 Å². The smallest absolute Gasteiger partial charge is 0.211 e. The van der Waals surface area contributed by atoms with Crippen molar-refractivity contribution in [1.29, 1.82) is 0 Å². The second kappa shape index (κ2) is 3.47. The summed E-state index contributed by atoms with van der Waals surface area (Å²) in [5.41, 5.74) is 0. The Morgan fingerprint density at radius 1 is 1.29 bits per heavy atom. The van der Waals surface area contributed by atoms with Gasteiger partial charge in [-0.2, -0.15) is 4.31 Å². The molecule has 2 atom stereocenters. The minimum atomic E-state index is -3.01. The summed E-state index contributed by atoms with van der Waals surface area (Å²) in [6, 6.07) is 0.611. The molecular weight excluding hydrogens is 200 g/mol. The van der Waals surface area contributed by atoms with Crippen molar-refractivity contribution in [2.45, 2.75) is 31.8 Å². The predicted molar refractivity (Wildman–Crippen MR) is 55.6 cm³/mol. The Kier molecular flexibility index (Phi) is 2.57. The molecule has 14 heavy (non-hydrogen) atoms. The Balaban J connectivity index is 2.14. The molecule has 0 aromatic carbocycles. The third-order valence-corrected chi connectivity index (χ3v) is 4.67. The monoisotopic (exact) mass is 218 g/mol. The Morgan fingerprint density at radius 3 is 2.64 bits per heavy atom. The van der Waals surface area contributed by atoms with E-state index >= 15 is 0 Å². The minimum Gasteiger partial charge on any atom is -0.297 e. The third-order valence-electron chi connectivity index (χ3n) is 3.31. The number of rotatable bonds is 1. The highest BCUT2D eigenvalue weighted by molar-refractivity contribution is 7.88. The first-order valence-corrected chi connectivity index (χ1v) is 7.04. The number of piperazine rings is 1. The maximum Gasteiger partial charge on any atom is 0.211 e. The number of fused-ring (bicyclic) bond motifs is 1. The normalized spacial score (nSPS) is 35.9. The quantitative estimate of drug-likeness (QED) is 0.627. The molecule has 0 saturated carbocycles. The molecule has 0 aromatic heterocycles. The van der Waals surface area contributed by atoms with Gasteiger partial charge in [0.2, 0.25) is 10.0 Å². The minimum absolute atomic E-state index is 0.138. The molecule has 0 spiro atoms. The van der Waals surface area contributed by atoms with Crippen LogP contribution in [0.5, 0.6) is 0 Å². The van der Waals surface area contributed by atoms with Crippen molar-refractivity contribution >= 4 is 10.0 Å². The molecule has 2 aliphatic rings. The molecule has 0 aromatic rings. The van der Waals surface area contributed by atoms with Crippen LogP contribution in [-0.4, -0.2) is 55.6 Å². The Bertz CT molecular complexity index is 315. The zero-order chi connectivity index (χ0) is 10.3. The fraction of sp³-hybridized carbons (Fsp3) is 1.00. The van der Waals surface area contributed by atoms with E-state index < -0.39 is 10.0 Å². The largest absolute Gasteiger partial charge is 0.297 e. The van der Waals surface area contributed by atoms with Crippen molar-refractivity contribution in [1.82, 2.24) is 9.21 Å². The van der Waals surface area contributed by atoms with Crippen LogP contribution in [0.4, 0.5) is 0 Å². The van der Waals surface area contributed by atoms with Gasteiger partial charge in [0.05, 0.1) is 6.26 Å². The SMILES string of the molecule is CC1CN2CCCC2CN1S(C)(=O)=O. The summed E-state index contributed by atoms with van der Waals surface area (Å²) in [5, 5.41) is 0. The summed E-state index contributed by atoms with van der Waals surface area (Å²) in [6.45, 7) is 4.74. The van der Waals surface area contributed by atoms with Crippen LogP contribution in [0.3, 0.4) is 0 Å². The van der Waals surface area contributed by atoms with Crippen molar-refractivity contribution in [2.24, 2.45) is 0 Å². The summed E-state index contributed by atoms with van der Waals surface area (Å²) in [6.07, 6.45) is 3.68. The lowest BCUT2D eigenvalue weighted by molar-refractivity contribution is 0.117. The van der Waals surface area contributed by atoms with Crippen LogP contribution in [0.2, 0.25) is 0 Å². The molecule has 2 rings (SSSR count). The number of nitrogens with zero attached hydrogens (tertiary/aromatic N) is 2. The maximum atomic E-state index is 11.5. The molecule has 5 heteroatoms. The van der Waals surface area contributed by atoms with Crippen LogP contribution in [0.15, 0.2) is 0 Å². The molecular formula is C9H18N2O2S. The van der Waals surface area contributed by atoms with Gasteiger partial charge in [0.1, 0.15) is 0 Å². The zero-order valence-electron chi connectivity index (χ0n) is 8.81. The lowest BCUT2D eigenvalue weighted by Gasteiger charge is -2.40. The van der Waals surface area contributed by atoms with Gasteiger partial charge in [-0.05, 0) is 26.3 Å². The Morgan fingerprint density at radius 2 is 2.00 bits per heavy atom. The topological polar surface area (TPSA) is 40.6 Å². The highest BCUT2D eigenvalue weighted by Crippen LogP contribution is 2.25. The van der Waals surface area contributed by atoms with Gasteiger partial charge in [0.25, 0.3) is 0 Å². The first-order valence-electron chi connectivity index (χ1n) is 5.19. The molecule has 82 valence electrons. The van der Waals surface area contributed by atoms with Gasteiger partial charge in [0.15, 0.2) is 0 Å². The maximum absolute atomic E-state index is 11.5. The van der Waals surface area contributed by atoms with Gasteiger partial charge in [-0.1, -0.05) is 0 Å². The van der Waals surface area contributed by atoms with Crippen LogP contribution < -0.4 is 0 Å². The van der Waals surface area contributed by atoms with Gasteiger partial charge in [-0.15, -0.1) is 0 Å². The van der Waals surface area contributed by atoms with E-state index in [1.54, 1.807) is 4.31 Å². The second-order valence-electron chi connectivity index (χ2n) is 4.47. The van der Waals surface area contributed by atoms with E-state index in [0.717, 1.165) is 19.5 Å². The molecule has 0 amide bonds. The highest BCUT2D eigenvalue weighted by atomic mass is 32.2. The number of hydrogen-bond donors (Lipinski definition) is 0. The van der Waals surface area contributed by atoms with Gasteiger partial charge >= 0.3 is 0 Å². The fourth-order valence-corrected chi connectivity index (χ4v) is 3.79. The molecule has 0 radical (unpaired) electrons. The van der Waals surface area contributed by atoms with Crippen molar-refractivity contribution in [3.63, 3.8) is 0 Å². The zero-order valence-corrected chi connectivity index (χ0v) is 9.63.